The molecule has 2 aromatic carbocycles. The van der Waals surface area contributed by atoms with E-state index in [-0.39, 0.29) is 5.91 Å². The number of ether oxygens (including phenoxy) is 1. The van der Waals surface area contributed by atoms with Gasteiger partial charge in [-0.05, 0) is 66.4 Å². The van der Waals surface area contributed by atoms with Gasteiger partial charge in [-0.25, -0.2) is 13.8 Å². The van der Waals surface area contributed by atoms with Crippen molar-refractivity contribution in [3.05, 3.63) is 59.7 Å². The standard InChI is InChI=1S/C21H27N3O4S/c1-16(2)13-14-28-20-11-5-17(6-12-20)15-22-23-21(25)18-7-9-19(10-8-18)24(3)29(4,26)27/h5-12,15-16H,13-14H2,1-4H3,(H,23,25)/b22-15-. The molecule has 7 nitrogen and oxygen atoms in total. The van der Waals surface area contributed by atoms with Crippen molar-refractivity contribution in [3.63, 3.8) is 0 Å². The summed E-state index contributed by atoms with van der Waals surface area (Å²) >= 11 is 0. The van der Waals surface area contributed by atoms with E-state index in [2.05, 4.69) is 24.4 Å². The summed E-state index contributed by atoms with van der Waals surface area (Å²) in [6.07, 6.45) is 3.66. The van der Waals surface area contributed by atoms with E-state index in [4.69, 9.17) is 4.74 Å². The Bertz CT molecular complexity index is 937. The lowest BCUT2D eigenvalue weighted by molar-refractivity contribution is 0.0955. The van der Waals surface area contributed by atoms with E-state index < -0.39 is 10.0 Å². The number of sulfonamides is 1. The zero-order valence-electron chi connectivity index (χ0n) is 17.1. The molecule has 1 N–H and O–H groups in total. The van der Waals surface area contributed by atoms with Crippen LogP contribution in [0.2, 0.25) is 0 Å². The van der Waals surface area contributed by atoms with E-state index >= 15 is 0 Å². The van der Waals surface area contributed by atoms with E-state index in [0.29, 0.717) is 23.8 Å². The van der Waals surface area contributed by atoms with Gasteiger partial charge in [0.2, 0.25) is 10.0 Å². The van der Waals surface area contributed by atoms with Crippen LogP contribution in [0, 0.1) is 5.92 Å². The maximum atomic E-state index is 12.2. The van der Waals surface area contributed by atoms with Crippen LogP contribution < -0.4 is 14.5 Å². The number of anilines is 1. The third-order valence-electron chi connectivity index (χ3n) is 4.21. The van der Waals surface area contributed by atoms with E-state index in [0.717, 1.165) is 28.3 Å². The van der Waals surface area contributed by atoms with Crippen LogP contribution >= 0.6 is 0 Å². The van der Waals surface area contributed by atoms with Crippen molar-refractivity contribution in [3.8, 4) is 5.75 Å². The van der Waals surface area contributed by atoms with Crippen LogP contribution in [-0.4, -0.2) is 40.4 Å². The van der Waals surface area contributed by atoms with Crippen molar-refractivity contribution < 1.29 is 17.9 Å². The lowest BCUT2D eigenvalue weighted by Gasteiger charge is -2.16. The minimum atomic E-state index is -3.35. The second-order valence-corrected chi connectivity index (χ2v) is 9.09. The topological polar surface area (TPSA) is 88.1 Å². The lowest BCUT2D eigenvalue weighted by Crippen LogP contribution is -2.25. The highest BCUT2D eigenvalue weighted by molar-refractivity contribution is 7.92. The number of amides is 1. The van der Waals surface area contributed by atoms with Crippen LogP contribution in [0.4, 0.5) is 5.69 Å². The molecule has 2 aromatic rings. The Kier molecular flexibility index (Phi) is 7.78. The predicted octanol–water partition coefficient (Wildman–Crippen LogP) is 3.27. The molecular formula is C21H27N3O4S. The fourth-order valence-corrected chi connectivity index (χ4v) is 2.81. The quantitative estimate of drug-likeness (QED) is 0.501. The van der Waals surface area contributed by atoms with Gasteiger partial charge >= 0.3 is 0 Å². The van der Waals surface area contributed by atoms with Crippen LogP contribution in [-0.2, 0) is 10.0 Å². The highest BCUT2D eigenvalue weighted by atomic mass is 32.2. The average Bonchev–Trinajstić information content (AvgIpc) is 2.67. The van der Waals surface area contributed by atoms with Crippen molar-refractivity contribution in [2.75, 3.05) is 24.2 Å². The number of nitrogens with one attached hydrogen (secondary N) is 1. The molecule has 29 heavy (non-hydrogen) atoms. The van der Waals surface area contributed by atoms with Crippen molar-refractivity contribution in [1.29, 1.82) is 0 Å². The van der Waals surface area contributed by atoms with Crippen molar-refractivity contribution in [2.45, 2.75) is 20.3 Å². The number of benzene rings is 2. The van der Waals surface area contributed by atoms with E-state index in [1.165, 1.54) is 7.05 Å². The highest BCUT2D eigenvalue weighted by Crippen LogP contribution is 2.16. The second-order valence-electron chi connectivity index (χ2n) is 7.08. The molecule has 0 radical (unpaired) electrons. The number of carbonyl (C=O) groups is 1. The van der Waals surface area contributed by atoms with Gasteiger partial charge in [-0.2, -0.15) is 5.10 Å². The van der Waals surface area contributed by atoms with Crippen LogP contribution in [0.5, 0.6) is 5.75 Å². The SMILES string of the molecule is CC(C)CCOc1ccc(/C=N\NC(=O)c2ccc(N(C)S(C)(=O)=O)cc2)cc1. The summed E-state index contributed by atoms with van der Waals surface area (Å²) in [6, 6.07) is 13.7. The predicted molar refractivity (Wildman–Crippen MR) is 116 cm³/mol. The van der Waals surface area contributed by atoms with Gasteiger partial charge in [0.1, 0.15) is 5.75 Å². The molecule has 0 fully saturated rings. The largest absolute Gasteiger partial charge is 0.494 e. The summed E-state index contributed by atoms with van der Waals surface area (Å²) in [5, 5.41) is 3.96. The van der Waals surface area contributed by atoms with E-state index in [9.17, 15) is 13.2 Å². The number of rotatable bonds is 9. The van der Waals surface area contributed by atoms with Gasteiger partial charge in [0.25, 0.3) is 5.91 Å². The summed E-state index contributed by atoms with van der Waals surface area (Å²) in [4.78, 5) is 12.2. The third kappa shape index (κ3) is 7.23. The number of carbonyl (C=O) groups excluding carboxylic acids is 1. The van der Waals surface area contributed by atoms with Crippen LogP contribution in [0.1, 0.15) is 36.2 Å². The van der Waals surface area contributed by atoms with E-state index in [1.807, 2.05) is 24.3 Å². The Morgan fingerprint density at radius 3 is 2.31 bits per heavy atom. The van der Waals surface area contributed by atoms with E-state index in [1.54, 1.807) is 30.5 Å². The summed E-state index contributed by atoms with van der Waals surface area (Å²) < 4.78 is 29.9. The highest BCUT2D eigenvalue weighted by Gasteiger charge is 2.12. The van der Waals surface area contributed by atoms with Gasteiger partial charge in [-0.1, -0.05) is 13.8 Å². The van der Waals surface area contributed by atoms with Crippen molar-refractivity contribution in [2.24, 2.45) is 11.0 Å². The molecule has 156 valence electrons. The Balaban J connectivity index is 1.89. The fourth-order valence-electron chi connectivity index (χ4n) is 2.31. The van der Waals surface area contributed by atoms with Crippen LogP contribution in [0.3, 0.4) is 0 Å². The Morgan fingerprint density at radius 2 is 1.76 bits per heavy atom. The molecule has 0 aliphatic carbocycles. The Hall–Kier alpha value is -2.87. The number of nitrogens with zero attached hydrogens (tertiary/aromatic N) is 2. The monoisotopic (exact) mass is 417 g/mol. The summed E-state index contributed by atoms with van der Waals surface area (Å²) in [7, 11) is -1.89. The molecule has 0 saturated heterocycles. The number of hydrogen-bond donors (Lipinski definition) is 1. The molecule has 0 atom stereocenters. The zero-order chi connectivity index (χ0) is 21.4. The van der Waals surface area contributed by atoms with Crippen molar-refractivity contribution >= 4 is 27.8 Å². The fraction of sp³-hybridized carbons (Fsp3) is 0.333. The minimum absolute atomic E-state index is 0.377. The Morgan fingerprint density at radius 1 is 1.14 bits per heavy atom. The molecule has 0 bridgehead atoms. The molecule has 0 heterocycles. The van der Waals surface area contributed by atoms with Crippen molar-refractivity contribution in [1.82, 2.24) is 5.43 Å². The molecular weight excluding hydrogens is 390 g/mol. The second kappa shape index (κ2) is 10.1. The third-order valence-corrected chi connectivity index (χ3v) is 5.42. The minimum Gasteiger partial charge on any atom is -0.494 e. The normalized spacial score (nSPS) is 11.6. The lowest BCUT2D eigenvalue weighted by atomic mass is 10.1. The summed E-state index contributed by atoms with van der Waals surface area (Å²) in [5.74, 6) is 1.01. The first-order valence-corrected chi connectivity index (χ1v) is 11.1. The molecule has 0 aliphatic heterocycles. The molecule has 8 heteroatoms. The van der Waals surface area contributed by atoms with Gasteiger partial charge in [0, 0.05) is 12.6 Å². The molecule has 0 aromatic heterocycles. The first-order chi connectivity index (χ1) is 13.7. The maximum Gasteiger partial charge on any atom is 0.271 e. The van der Waals surface area contributed by atoms with Gasteiger partial charge in [0.05, 0.1) is 24.8 Å². The van der Waals surface area contributed by atoms with Crippen LogP contribution in [0.15, 0.2) is 53.6 Å². The zero-order valence-corrected chi connectivity index (χ0v) is 17.9. The summed E-state index contributed by atoms with van der Waals surface area (Å²) in [6.45, 7) is 4.99. The molecule has 0 saturated carbocycles. The number of hydrogen-bond acceptors (Lipinski definition) is 5. The number of hydrazone groups is 1. The molecule has 0 spiro atoms. The first-order valence-electron chi connectivity index (χ1n) is 9.27. The van der Waals surface area contributed by atoms with Crippen LogP contribution in [0.25, 0.3) is 0 Å². The van der Waals surface area contributed by atoms with Gasteiger partial charge in [0.15, 0.2) is 0 Å². The Labute approximate surface area is 172 Å². The summed E-state index contributed by atoms with van der Waals surface area (Å²) in [5.41, 5.74) is 4.13. The first kappa shape index (κ1) is 22.4. The molecule has 0 aliphatic rings. The van der Waals surface area contributed by atoms with Gasteiger partial charge in [-0.3, -0.25) is 9.10 Å². The smallest absolute Gasteiger partial charge is 0.271 e. The molecule has 0 unspecified atom stereocenters. The van der Waals surface area contributed by atoms with Gasteiger partial charge in [-0.15, -0.1) is 0 Å². The maximum absolute atomic E-state index is 12.2. The average molecular weight is 418 g/mol. The van der Waals surface area contributed by atoms with Gasteiger partial charge < -0.3 is 4.74 Å². The molecule has 2 rings (SSSR count). The molecule has 1 amide bonds.